The Hall–Kier alpha value is -1.76. The molecule has 0 spiro atoms. The summed E-state index contributed by atoms with van der Waals surface area (Å²) in [6.45, 7) is 2.62. The first-order valence-electron chi connectivity index (χ1n) is 7.12. The van der Waals surface area contributed by atoms with Crippen LogP contribution in [0.15, 0.2) is 29.8 Å². The van der Waals surface area contributed by atoms with Gasteiger partial charge in [0.15, 0.2) is 6.10 Å². The maximum absolute atomic E-state index is 10.1. The second-order valence-electron chi connectivity index (χ2n) is 5.02. The lowest BCUT2D eigenvalue weighted by Crippen LogP contribution is -2.28. The maximum Gasteiger partial charge on any atom is 0.424 e. The summed E-state index contributed by atoms with van der Waals surface area (Å²) in [5.74, 6) is -1.10. The Morgan fingerprint density at radius 1 is 1.19 bits per heavy atom. The molecule has 1 atom stereocenters. The number of hydroxylamine groups is 1. The van der Waals surface area contributed by atoms with Gasteiger partial charge in [-0.2, -0.15) is 0 Å². The first-order valence-corrected chi connectivity index (χ1v) is 7.12. The van der Waals surface area contributed by atoms with E-state index in [1.54, 1.807) is 12.1 Å². The van der Waals surface area contributed by atoms with Gasteiger partial charge in [0.2, 0.25) is 11.4 Å². The zero-order valence-electron chi connectivity index (χ0n) is 12.0. The van der Waals surface area contributed by atoms with Gasteiger partial charge >= 0.3 is 5.88 Å². The van der Waals surface area contributed by atoms with Crippen LogP contribution < -0.4 is 9.80 Å². The molecule has 1 unspecified atom stereocenters. The van der Waals surface area contributed by atoms with Gasteiger partial charge in [-0.25, -0.2) is 0 Å². The molecule has 21 heavy (non-hydrogen) atoms. The van der Waals surface area contributed by atoms with Crippen LogP contribution in [0.3, 0.4) is 0 Å². The van der Waals surface area contributed by atoms with Crippen molar-refractivity contribution >= 4 is 5.69 Å². The Morgan fingerprint density at radius 2 is 1.95 bits per heavy atom. The van der Waals surface area contributed by atoms with Crippen molar-refractivity contribution in [2.45, 2.75) is 38.7 Å². The van der Waals surface area contributed by atoms with E-state index in [-0.39, 0.29) is 11.3 Å². The van der Waals surface area contributed by atoms with E-state index in [1.165, 1.54) is 6.07 Å². The normalized spacial score (nSPS) is 18.7. The molecule has 0 saturated carbocycles. The summed E-state index contributed by atoms with van der Waals surface area (Å²) in [6.07, 6.45) is 2.81. The molecular formula is C15H21NO5+. The van der Waals surface area contributed by atoms with Gasteiger partial charge in [0.05, 0.1) is 6.61 Å². The molecule has 2 rings (SSSR count). The summed E-state index contributed by atoms with van der Waals surface area (Å²) in [5.41, 5.74) is 0.426. The van der Waals surface area contributed by atoms with Crippen LogP contribution >= 0.6 is 0 Å². The van der Waals surface area contributed by atoms with Crippen LogP contribution in [0, 0.1) is 0 Å². The van der Waals surface area contributed by atoms with Crippen molar-refractivity contribution in [2.24, 2.45) is 0 Å². The molecule has 0 fully saturated rings. The quantitative estimate of drug-likeness (QED) is 0.477. The predicted molar refractivity (Wildman–Crippen MR) is 76.9 cm³/mol. The molecule has 0 aliphatic carbocycles. The van der Waals surface area contributed by atoms with E-state index in [0.717, 1.165) is 25.7 Å². The van der Waals surface area contributed by atoms with Gasteiger partial charge < -0.3 is 20.1 Å². The van der Waals surface area contributed by atoms with E-state index in [0.29, 0.717) is 17.4 Å². The summed E-state index contributed by atoms with van der Waals surface area (Å²) in [4.78, 5) is 0. The smallest absolute Gasteiger partial charge is 0.424 e. The highest BCUT2D eigenvalue weighted by Crippen LogP contribution is 2.42. The second kappa shape index (κ2) is 6.80. The molecule has 1 heterocycles. The number of aliphatic hydroxyl groups excluding tert-OH is 3. The molecule has 1 aliphatic rings. The van der Waals surface area contributed by atoms with E-state index in [9.17, 15) is 20.5 Å². The third-order valence-electron chi connectivity index (χ3n) is 3.49. The van der Waals surface area contributed by atoms with Crippen LogP contribution in [0.5, 0.6) is 5.75 Å². The van der Waals surface area contributed by atoms with Crippen LogP contribution in [-0.2, 0) is 0 Å². The summed E-state index contributed by atoms with van der Waals surface area (Å²) < 4.78 is 5.64. The summed E-state index contributed by atoms with van der Waals surface area (Å²) >= 11 is 0. The molecule has 0 saturated heterocycles. The van der Waals surface area contributed by atoms with Gasteiger partial charge in [-0.05, 0) is 12.5 Å². The zero-order valence-corrected chi connectivity index (χ0v) is 12.0. The van der Waals surface area contributed by atoms with Crippen LogP contribution in [0.25, 0.3) is 0 Å². The van der Waals surface area contributed by atoms with E-state index >= 15 is 0 Å². The minimum Gasteiger partial charge on any atom is -0.502 e. The van der Waals surface area contributed by atoms with Crippen molar-refractivity contribution in [3.8, 4) is 5.75 Å². The number of fused-ring (bicyclic) bond motifs is 1. The van der Waals surface area contributed by atoms with Gasteiger partial charge in [0, 0.05) is 6.07 Å². The van der Waals surface area contributed by atoms with Crippen molar-refractivity contribution in [3.05, 3.63) is 35.4 Å². The van der Waals surface area contributed by atoms with E-state index < -0.39 is 17.7 Å². The fourth-order valence-electron chi connectivity index (χ4n) is 2.31. The van der Waals surface area contributed by atoms with Crippen molar-refractivity contribution < 1.29 is 25.3 Å². The highest BCUT2D eigenvalue weighted by atomic mass is 16.5. The second-order valence-corrected chi connectivity index (χ2v) is 5.02. The lowest BCUT2D eigenvalue weighted by molar-refractivity contribution is 0.0198. The Morgan fingerprint density at radius 3 is 2.67 bits per heavy atom. The fraction of sp³-hybridized carbons (Fsp3) is 0.467. The number of rotatable bonds is 6. The number of anilines is 1. The zero-order chi connectivity index (χ0) is 15.4. The molecule has 6 nitrogen and oxygen atoms in total. The van der Waals surface area contributed by atoms with Crippen LogP contribution in [0.1, 0.15) is 44.3 Å². The van der Waals surface area contributed by atoms with Crippen LogP contribution in [-0.4, -0.2) is 27.1 Å². The van der Waals surface area contributed by atoms with E-state index in [1.807, 2.05) is 0 Å². The molecular weight excluding hydrogens is 274 g/mol. The highest BCUT2D eigenvalue weighted by molar-refractivity contribution is 5.60. The molecule has 0 amide bonds. The molecule has 1 aliphatic heterocycles. The highest BCUT2D eigenvalue weighted by Gasteiger charge is 2.43. The van der Waals surface area contributed by atoms with Gasteiger partial charge in [-0.1, -0.05) is 32.3 Å². The third kappa shape index (κ3) is 3.12. The number of ether oxygens (including phenoxy) is 1. The average molecular weight is 295 g/mol. The number of hydrogen-bond acceptors (Lipinski definition) is 6. The van der Waals surface area contributed by atoms with Crippen molar-refractivity contribution in [1.82, 2.24) is 5.06 Å². The summed E-state index contributed by atoms with van der Waals surface area (Å²) in [6, 6.07) is 4.82. The van der Waals surface area contributed by atoms with Gasteiger partial charge in [0.1, 0.15) is 16.4 Å². The number of benzene rings is 1. The summed E-state index contributed by atoms with van der Waals surface area (Å²) in [5, 5.41) is 39.5. The maximum atomic E-state index is 10.1. The predicted octanol–water partition coefficient (Wildman–Crippen LogP) is 3.14. The molecule has 1 aromatic carbocycles. The number of unbranched alkanes of at least 4 members (excludes halogenated alkanes) is 3. The topological polar surface area (TPSA) is 96.1 Å². The van der Waals surface area contributed by atoms with Crippen LogP contribution in [0.4, 0.5) is 5.69 Å². The molecule has 1 aromatic rings. The standard InChI is InChI=1S/C15H21NO5/c1-2-3-4-5-9-21-11-8-6-7-10-12(11)13(17)14(18)15(19)16(10)20/h6-8,13,17-20H,2-5,9H2,1H3/q+1. The van der Waals surface area contributed by atoms with Gasteiger partial charge in [0.25, 0.3) is 0 Å². The molecule has 0 bridgehead atoms. The molecule has 115 valence electrons. The van der Waals surface area contributed by atoms with Crippen LogP contribution in [0.2, 0.25) is 0 Å². The van der Waals surface area contributed by atoms with Crippen molar-refractivity contribution in [2.75, 3.05) is 6.61 Å². The molecule has 4 N–H and O–H groups in total. The monoisotopic (exact) mass is 295 g/mol. The fourth-order valence-corrected chi connectivity index (χ4v) is 2.31. The molecule has 1 radical (unpaired) electrons. The lowest BCUT2D eigenvalue weighted by atomic mass is 10.0. The Balaban J connectivity index is 2.17. The van der Waals surface area contributed by atoms with Gasteiger partial charge in [-0.15, -0.1) is 5.21 Å². The first kappa shape index (κ1) is 15.6. The minimum atomic E-state index is -1.42. The Labute approximate surface area is 123 Å². The third-order valence-corrected chi connectivity index (χ3v) is 3.49. The van der Waals surface area contributed by atoms with Crippen molar-refractivity contribution in [1.29, 1.82) is 0 Å². The van der Waals surface area contributed by atoms with E-state index in [2.05, 4.69) is 6.92 Å². The molecule has 6 heteroatoms. The lowest BCUT2D eigenvalue weighted by Gasteiger charge is -2.20. The number of aliphatic hydroxyl groups is 3. The number of nitrogens with zero attached hydrogens (tertiary/aromatic N) is 1. The first-order chi connectivity index (χ1) is 10.1. The number of hydrogen-bond donors (Lipinski definition) is 4. The van der Waals surface area contributed by atoms with Crippen molar-refractivity contribution in [3.63, 3.8) is 0 Å². The molecule has 0 aromatic heterocycles. The Kier molecular flexibility index (Phi) is 5.06. The Bertz CT molecular complexity index is 529. The largest absolute Gasteiger partial charge is 0.502 e. The SMILES string of the molecule is CCCCCCOc1cccc2c1C(O)C(O)=C(O)[N+]2O. The summed E-state index contributed by atoms with van der Waals surface area (Å²) in [7, 11) is 0. The van der Waals surface area contributed by atoms with Gasteiger partial charge in [-0.3, -0.25) is 0 Å². The minimum absolute atomic E-state index is 0.184. The van der Waals surface area contributed by atoms with E-state index in [4.69, 9.17) is 4.74 Å². The average Bonchev–Trinajstić information content (AvgIpc) is 2.50.